The van der Waals surface area contributed by atoms with E-state index in [0.717, 1.165) is 11.8 Å². The fraction of sp³-hybridized carbons (Fsp3) is 0.105. The zero-order chi connectivity index (χ0) is 19.9. The molecule has 0 saturated carbocycles. The number of hydrogen-bond donors (Lipinski definition) is 2. The highest BCUT2D eigenvalue weighted by Crippen LogP contribution is 2.18. The third kappa shape index (κ3) is 4.75. The van der Waals surface area contributed by atoms with E-state index in [4.69, 9.17) is 10.00 Å². The number of carbonyl (C=O) groups excluding carboxylic acids is 1. The Labute approximate surface area is 164 Å². The number of amides is 1. The minimum absolute atomic E-state index is 0.0481. The number of thioether (sulfide) groups is 1. The molecule has 0 saturated heterocycles. The molecule has 3 rings (SSSR count). The zero-order valence-electron chi connectivity index (χ0n) is 14.8. The highest BCUT2D eigenvalue weighted by Gasteiger charge is 2.10. The van der Waals surface area contributed by atoms with Crippen LogP contribution < -0.4 is 15.6 Å². The van der Waals surface area contributed by atoms with Crippen LogP contribution in [0.5, 0.6) is 5.75 Å². The van der Waals surface area contributed by atoms with Crippen molar-refractivity contribution >= 4 is 23.4 Å². The van der Waals surface area contributed by atoms with E-state index in [-0.39, 0.29) is 22.5 Å². The van der Waals surface area contributed by atoms with Crippen molar-refractivity contribution in [2.45, 2.75) is 5.16 Å². The van der Waals surface area contributed by atoms with Gasteiger partial charge in [-0.1, -0.05) is 11.8 Å². The van der Waals surface area contributed by atoms with E-state index >= 15 is 0 Å². The number of benzene rings is 2. The lowest BCUT2D eigenvalue weighted by atomic mass is 10.1. The summed E-state index contributed by atoms with van der Waals surface area (Å²) in [5.41, 5.74) is 1.50. The van der Waals surface area contributed by atoms with Gasteiger partial charge in [0.2, 0.25) is 5.91 Å². The Morgan fingerprint density at radius 2 is 1.89 bits per heavy atom. The number of nitrogens with zero attached hydrogens (tertiary/aromatic N) is 3. The number of carbonyl (C=O) groups is 1. The molecule has 2 N–H and O–H groups in total. The van der Waals surface area contributed by atoms with Crippen LogP contribution in [0.25, 0.3) is 11.3 Å². The smallest absolute Gasteiger partial charge is 0.278 e. The van der Waals surface area contributed by atoms with Crippen LogP contribution in [0.3, 0.4) is 0 Å². The maximum Gasteiger partial charge on any atom is 0.278 e. The van der Waals surface area contributed by atoms with E-state index < -0.39 is 5.56 Å². The van der Waals surface area contributed by atoms with Gasteiger partial charge in [0.1, 0.15) is 5.75 Å². The van der Waals surface area contributed by atoms with E-state index in [1.165, 1.54) is 0 Å². The molecule has 0 spiro atoms. The summed E-state index contributed by atoms with van der Waals surface area (Å²) in [6, 6.07) is 15.4. The van der Waals surface area contributed by atoms with Crippen molar-refractivity contribution in [1.82, 2.24) is 15.2 Å². The minimum atomic E-state index is -0.393. The zero-order valence-corrected chi connectivity index (χ0v) is 15.6. The largest absolute Gasteiger partial charge is 0.497 e. The molecule has 9 heteroatoms. The second-order valence-corrected chi connectivity index (χ2v) is 6.53. The van der Waals surface area contributed by atoms with Crippen LogP contribution in [0, 0.1) is 11.3 Å². The Kier molecular flexibility index (Phi) is 6.04. The molecule has 28 heavy (non-hydrogen) atoms. The summed E-state index contributed by atoms with van der Waals surface area (Å²) >= 11 is 1.07. The fourth-order valence-electron chi connectivity index (χ4n) is 2.28. The Bertz CT molecular complexity index is 1070. The number of methoxy groups -OCH3 is 1. The lowest BCUT2D eigenvalue weighted by Crippen LogP contribution is -2.17. The number of nitrogens with one attached hydrogen (secondary N) is 2. The third-order valence-electron chi connectivity index (χ3n) is 3.68. The van der Waals surface area contributed by atoms with Crippen molar-refractivity contribution in [3.63, 3.8) is 0 Å². The van der Waals surface area contributed by atoms with Crippen molar-refractivity contribution in [1.29, 1.82) is 5.26 Å². The Morgan fingerprint density at radius 1 is 1.18 bits per heavy atom. The van der Waals surface area contributed by atoms with Crippen LogP contribution in [0.2, 0.25) is 0 Å². The van der Waals surface area contributed by atoms with Crippen molar-refractivity contribution in [3.05, 3.63) is 64.4 Å². The van der Waals surface area contributed by atoms with E-state index in [1.54, 1.807) is 55.6 Å². The van der Waals surface area contributed by atoms with Gasteiger partial charge in [-0.05, 0) is 48.5 Å². The molecule has 1 amide bonds. The van der Waals surface area contributed by atoms with Gasteiger partial charge in [0.05, 0.1) is 24.5 Å². The number of aromatic amines is 1. The normalized spacial score (nSPS) is 10.1. The molecular formula is C19H15N5O3S. The fourth-order valence-corrected chi connectivity index (χ4v) is 2.89. The summed E-state index contributed by atoms with van der Waals surface area (Å²) < 4.78 is 5.09. The van der Waals surface area contributed by atoms with Gasteiger partial charge in [0.15, 0.2) is 10.9 Å². The Hall–Kier alpha value is -3.64. The first-order valence-corrected chi connectivity index (χ1v) is 9.12. The molecule has 2 aromatic carbocycles. The van der Waals surface area contributed by atoms with Crippen molar-refractivity contribution in [3.8, 4) is 23.1 Å². The molecular weight excluding hydrogens is 378 g/mol. The maximum atomic E-state index is 12.3. The first kappa shape index (κ1) is 19.1. The average Bonchev–Trinajstić information content (AvgIpc) is 2.73. The number of nitriles is 1. The van der Waals surface area contributed by atoms with E-state index in [1.807, 2.05) is 6.07 Å². The first-order chi connectivity index (χ1) is 13.6. The molecule has 0 aliphatic carbocycles. The maximum absolute atomic E-state index is 12.3. The van der Waals surface area contributed by atoms with Gasteiger partial charge in [0, 0.05) is 11.3 Å². The predicted molar refractivity (Wildman–Crippen MR) is 105 cm³/mol. The summed E-state index contributed by atoms with van der Waals surface area (Å²) in [6.07, 6.45) is 0. The average molecular weight is 393 g/mol. The molecule has 0 fully saturated rings. The van der Waals surface area contributed by atoms with Crippen molar-refractivity contribution in [2.75, 3.05) is 18.2 Å². The second kappa shape index (κ2) is 8.83. The molecule has 0 radical (unpaired) electrons. The summed E-state index contributed by atoms with van der Waals surface area (Å²) in [6.45, 7) is 0. The molecule has 140 valence electrons. The number of anilines is 1. The second-order valence-electron chi connectivity index (χ2n) is 5.56. The monoisotopic (exact) mass is 393 g/mol. The van der Waals surface area contributed by atoms with Crippen LogP contribution >= 0.6 is 11.8 Å². The molecule has 0 unspecified atom stereocenters. The Morgan fingerprint density at radius 3 is 2.50 bits per heavy atom. The van der Waals surface area contributed by atoms with Gasteiger partial charge in [-0.25, -0.2) is 0 Å². The van der Waals surface area contributed by atoms with Gasteiger partial charge in [-0.15, -0.1) is 10.2 Å². The Balaban J connectivity index is 1.61. The number of hydrogen-bond acceptors (Lipinski definition) is 7. The molecule has 3 aromatic rings. The van der Waals surface area contributed by atoms with Crippen LogP contribution in [0.4, 0.5) is 5.69 Å². The summed E-state index contributed by atoms with van der Waals surface area (Å²) in [5, 5.41) is 19.7. The number of aromatic nitrogens is 3. The highest BCUT2D eigenvalue weighted by atomic mass is 32.2. The summed E-state index contributed by atoms with van der Waals surface area (Å²) in [5.74, 6) is 0.456. The van der Waals surface area contributed by atoms with E-state index in [0.29, 0.717) is 22.6 Å². The topological polar surface area (TPSA) is 121 Å². The van der Waals surface area contributed by atoms with Gasteiger partial charge in [-0.3, -0.25) is 14.6 Å². The first-order valence-electron chi connectivity index (χ1n) is 8.13. The minimum Gasteiger partial charge on any atom is -0.497 e. The molecule has 8 nitrogen and oxygen atoms in total. The molecule has 0 aliphatic heterocycles. The van der Waals surface area contributed by atoms with Gasteiger partial charge < -0.3 is 10.1 Å². The van der Waals surface area contributed by atoms with E-state index in [9.17, 15) is 9.59 Å². The molecule has 1 aromatic heterocycles. The van der Waals surface area contributed by atoms with E-state index in [2.05, 4.69) is 20.5 Å². The molecule has 0 aliphatic rings. The quantitative estimate of drug-likeness (QED) is 0.617. The lowest BCUT2D eigenvalue weighted by Gasteiger charge is -2.05. The lowest BCUT2D eigenvalue weighted by molar-refractivity contribution is -0.113. The third-order valence-corrected chi connectivity index (χ3v) is 4.54. The molecule has 0 atom stereocenters. The number of rotatable bonds is 6. The van der Waals surface area contributed by atoms with Gasteiger partial charge in [0.25, 0.3) is 5.56 Å². The molecule has 0 bridgehead atoms. The van der Waals surface area contributed by atoms with Crippen molar-refractivity contribution < 1.29 is 9.53 Å². The van der Waals surface area contributed by atoms with Gasteiger partial charge >= 0.3 is 0 Å². The predicted octanol–water partition coefficient (Wildman–Crippen LogP) is 2.44. The highest BCUT2D eigenvalue weighted by molar-refractivity contribution is 7.99. The van der Waals surface area contributed by atoms with Crippen LogP contribution in [-0.4, -0.2) is 34.0 Å². The number of H-pyrrole nitrogens is 1. The van der Waals surface area contributed by atoms with Crippen LogP contribution in [0.1, 0.15) is 5.56 Å². The van der Waals surface area contributed by atoms with Crippen molar-refractivity contribution in [2.24, 2.45) is 0 Å². The van der Waals surface area contributed by atoms with Gasteiger partial charge in [-0.2, -0.15) is 5.26 Å². The summed E-state index contributed by atoms with van der Waals surface area (Å²) in [7, 11) is 1.56. The SMILES string of the molecule is COc1ccc(-c2nnc(SCC(=O)Nc3ccc(C#N)cc3)[nH]c2=O)cc1. The summed E-state index contributed by atoms with van der Waals surface area (Å²) in [4.78, 5) is 26.9. The number of ether oxygens (including phenoxy) is 1. The van der Waals surface area contributed by atoms with Crippen LogP contribution in [0.15, 0.2) is 58.5 Å². The molecule has 1 heterocycles. The van der Waals surface area contributed by atoms with Crippen LogP contribution in [-0.2, 0) is 4.79 Å². The standard InChI is InChI=1S/C19H15N5O3S/c1-27-15-8-4-13(5-9-15)17-18(26)22-19(24-23-17)28-11-16(25)21-14-6-2-12(10-20)3-7-14/h2-9H,11H2,1H3,(H,21,25)(H,22,24,26).